The second-order valence-corrected chi connectivity index (χ2v) is 5.27. The SMILES string of the molecule is CCC(NC(=O)C(N)c1ccc(C)cc1)c1ccccc1. The van der Waals surface area contributed by atoms with Crippen molar-refractivity contribution in [3.05, 3.63) is 71.3 Å². The van der Waals surface area contributed by atoms with Gasteiger partial charge in [-0.1, -0.05) is 67.1 Å². The second-order valence-electron chi connectivity index (χ2n) is 5.27. The van der Waals surface area contributed by atoms with Crippen LogP contribution in [0.5, 0.6) is 0 Å². The molecule has 3 N–H and O–H groups in total. The van der Waals surface area contributed by atoms with E-state index in [0.717, 1.165) is 23.1 Å². The Morgan fingerprint density at radius 3 is 2.24 bits per heavy atom. The highest BCUT2D eigenvalue weighted by atomic mass is 16.2. The van der Waals surface area contributed by atoms with E-state index < -0.39 is 6.04 Å². The number of nitrogens with one attached hydrogen (secondary N) is 1. The van der Waals surface area contributed by atoms with Crippen LogP contribution in [0.15, 0.2) is 54.6 Å². The summed E-state index contributed by atoms with van der Waals surface area (Å²) in [6.45, 7) is 4.06. The maximum atomic E-state index is 12.3. The van der Waals surface area contributed by atoms with Crippen LogP contribution >= 0.6 is 0 Å². The first-order valence-electron chi connectivity index (χ1n) is 7.29. The highest BCUT2D eigenvalue weighted by Gasteiger charge is 2.19. The molecule has 0 heterocycles. The molecule has 3 heteroatoms. The first-order chi connectivity index (χ1) is 10.1. The van der Waals surface area contributed by atoms with E-state index in [4.69, 9.17) is 5.73 Å². The fourth-order valence-corrected chi connectivity index (χ4v) is 2.29. The smallest absolute Gasteiger partial charge is 0.241 e. The van der Waals surface area contributed by atoms with Gasteiger partial charge in [-0.2, -0.15) is 0 Å². The fraction of sp³-hybridized carbons (Fsp3) is 0.278. The van der Waals surface area contributed by atoms with Gasteiger partial charge in [0.15, 0.2) is 0 Å². The van der Waals surface area contributed by atoms with Crippen LogP contribution in [0.25, 0.3) is 0 Å². The van der Waals surface area contributed by atoms with Gasteiger partial charge in [0.1, 0.15) is 6.04 Å². The minimum atomic E-state index is -0.636. The Kier molecular flexibility index (Phi) is 5.12. The monoisotopic (exact) mass is 282 g/mol. The van der Waals surface area contributed by atoms with Crippen LogP contribution in [0.2, 0.25) is 0 Å². The molecule has 21 heavy (non-hydrogen) atoms. The van der Waals surface area contributed by atoms with Gasteiger partial charge in [0, 0.05) is 0 Å². The van der Waals surface area contributed by atoms with Crippen molar-refractivity contribution in [2.24, 2.45) is 5.73 Å². The lowest BCUT2D eigenvalue weighted by atomic mass is 10.0. The Morgan fingerprint density at radius 2 is 1.67 bits per heavy atom. The van der Waals surface area contributed by atoms with Gasteiger partial charge in [-0.05, 0) is 24.5 Å². The summed E-state index contributed by atoms with van der Waals surface area (Å²) in [4.78, 5) is 12.3. The molecule has 0 aliphatic heterocycles. The van der Waals surface area contributed by atoms with Crippen molar-refractivity contribution < 1.29 is 4.79 Å². The Morgan fingerprint density at radius 1 is 1.05 bits per heavy atom. The fourth-order valence-electron chi connectivity index (χ4n) is 2.29. The summed E-state index contributed by atoms with van der Waals surface area (Å²) >= 11 is 0. The standard InChI is InChI=1S/C18H22N2O/c1-3-16(14-7-5-4-6-8-14)20-18(21)17(19)15-11-9-13(2)10-12-15/h4-12,16-17H,3,19H2,1-2H3,(H,20,21). The van der Waals surface area contributed by atoms with Crippen molar-refractivity contribution in [1.29, 1.82) is 0 Å². The lowest BCUT2D eigenvalue weighted by Gasteiger charge is -2.20. The molecule has 0 aromatic heterocycles. The molecule has 0 bridgehead atoms. The predicted octanol–water partition coefficient (Wildman–Crippen LogP) is 3.26. The minimum absolute atomic E-state index is 0.00445. The number of benzene rings is 2. The van der Waals surface area contributed by atoms with Gasteiger partial charge in [-0.3, -0.25) is 4.79 Å². The van der Waals surface area contributed by atoms with Gasteiger partial charge in [0.25, 0.3) is 0 Å². The molecule has 0 spiro atoms. The van der Waals surface area contributed by atoms with E-state index in [9.17, 15) is 4.79 Å². The van der Waals surface area contributed by atoms with Crippen LogP contribution in [0.4, 0.5) is 0 Å². The van der Waals surface area contributed by atoms with Crippen molar-refractivity contribution in [3.8, 4) is 0 Å². The van der Waals surface area contributed by atoms with E-state index in [2.05, 4.69) is 12.2 Å². The van der Waals surface area contributed by atoms with Crippen LogP contribution in [0, 0.1) is 6.92 Å². The molecule has 1 amide bonds. The number of carbonyl (C=O) groups is 1. The Labute approximate surface area is 126 Å². The molecule has 2 unspecified atom stereocenters. The largest absolute Gasteiger partial charge is 0.348 e. The molecule has 2 aromatic carbocycles. The maximum absolute atomic E-state index is 12.3. The molecule has 0 radical (unpaired) electrons. The summed E-state index contributed by atoms with van der Waals surface area (Å²) in [5.41, 5.74) is 9.15. The Balaban J connectivity index is 2.07. The molecule has 2 aromatic rings. The van der Waals surface area contributed by atoms with Crippen molar-refractivity contribution >= 4 is 5.91 Å². The first kappa shape index (κ1) is 15.3. The third-order valence-electron chi connectivity index (χ3n) is 3.65. The third-order valence-corrected chi connectivity index (χ3v) is 3.65. The van der Waals surface area contributed by atoms with Crippen LogP contribution in [0.3, 0.4) is 0 Å². The number of hydrogen-bond acceptors (Lipinski definition) is 2. The Bertz CT molecular complexity index is 578. The van der Waals surface area contributed by atoms with Crippen molar-refractivity contribution in [2.45, 2.75) is 32.4 Å². The van der Waals surface area contributed by atoms with E-state index in [1.807, 2.05) is 61.5 Å². The van der Waals surface area contributed by atoms with Crippen LogP contribution in [-0.4, -0.2) is 5.91 Å². The summed E-state index contributed by atoms with van der Waals surface area (Å²) in [5, 5.41) is 3.03. The number of amides is 1. The van der Waals surface area contributed by atoms with Crippen LogP contribution in [0.1, 0.15) is 42.1 Å². The molecular weight excluding hydrogens is 260 g/mol. The Hall–Kier alpha value is -2.13. The highest BCUT2D eigenvalue weighted by molar-refractivity contribution is 5.83. The number of aryl methyl sites for hydroxylation is 1. The lowest BCUT2D eigenvalue weighted by Crippen LogP contribution is -2.36. The van der Waals surface area contributed by atoms with Gasteiger partial charge in [-0.15, -0.1) is 0 Å². The third kappa shape index (κ3) is 3.92. The number of rotatable bonds is 5. The zero-order valence-electron chi connectivity index (χ0n) is 12.5. The summed E-state index contributed by atoms with van der Waals surface area (Å²) < 4.78 is 0. The van der Waals surface area contributed by atoms with Gasteiger partial charge in [-0.25, -0.2) is 0 Å². The zero-order chi connectivity index (χ0) is 15.2. The van der Waals surface area contributed by atoms with Gasteiger partial charge < -0.3 is 11.1 Å². The predicted molar refractivity (Wildman–Crippen MR) is 85.7 cm³/mol. The summed E-state index contributed by atoms with van der Waals surface area (Å²) in [7, 11) is 0. The molecule has 0 aliphatic carbocycles. The molecule has 0 aliphatic rings. The van der Waals surface area contributed by atoms with E-state index in [0.29, 0.717) is 0 Å². The molecule has 2 atom stereocenters. The molecule has 0 fully saturated rings. The number of carbonyl (C=O) groups excluding carboxylic acids is 1. The maximum Gasteiger partial charge on any atom is 0.241 e. The first-order valence-corrected chi connectivity index (χ1v) is 7.29. The van der Waals surface area contributed by atoms with E-state index in [-0.39, 0.29) is 11.9 Å². The summed E-state index contributed by atoms with van der Waals surface area (Å²) in [6, 6.07) is 17.1. The molecular formula is C18H22N2O. The van der Waals surface area contributed by atoms with Crippen molar-refractivity contribution in [3.63, 3.8) is 0 Å². The molecule has 110 valence electrons. The van der Waals surface area contributed by atoms with Gasteiger partial charge >= 0.3 is 0 Å². The lowest BCUT2D eigenvalue weighted by molar-refractivity contribution is -0.123. The second kappa shape index (κ2) is 7.04. The molecule has 0 saturated heterocycles. The quantitative estimate of drug-likeness (QED) is 0.884. The highest BCUT2D eigenvalue weighted by Crippen LogP contribution is 2.18. The topological polar surface area (TPSA) is 55.1 Å². The normalized spacial score (nSPS) is 13.5. The molecule has 2 rings (SSSR count). The average Bonchev–Trinajstić information content (AvgIpc) is 2.53. The van der Waals surface area contributed by atoms with Crippen molar-refractivity contribution in [2.75, 3.05) is 0 Å². The van der Waals surface area contributed by atoms with E-state index in [1.165, 1.54) is 0 Å². The van der Waals surface area contributed by atoms with Crippen molar-refractivity contribution in [1.82, 2.24) is 5.32 Å². The van der Waals surface area contributed by atoms with Crippen LogP contribution in [-0.2, 0) is 4.79 Å². The summed E-state index contributed by atoms with van der Waals surface area (Å²) in [6.07, 6.45) is 0.830. The number of hydrogen-bond donors (Lipinski definition) is 2. The molecule has 3 nitrogen and oxygen atoms in total. The summed E-state index contributed by atoms with van der Waals surface area (Å²) in [5.74, 6) is -0.144. The number of nitrogens with two attached hydrogens (primary N) is 1. The minimum Gasteiger partial charge on any atom is -0.348 e. The van der Waals surface area contributed by atoms with E-state index in [1.54, 1.807) is 0 Å². The van der Waals surface area contributed by atoms with E-state index >= 15 is 0 Å². The molecule has 0 saturated carbocycles. The zero-order valence-corrected chi connectivity index (χ0v) is 12.5. The van der Waals surface area contributed by atoms with Gasteiger partial charge in [0.05, 0.1) is 6.04 Å². The van der Waals surface area contributed by atoms with Crippen LogP contribution < -0.4 is 11.1 Å². The van der Waals surface area contributed by atoms with Gasteiger partial charge in [0.2, 0.25) is 5.91 Å². The average molecular weight is 282 g/mol.